The highest BCUT2D eigenvalue weighted by Gasteiger charge is 2.38. The molecule has 7 amide bonds. The highest BCUT2D eigenvalue weighted by atomic mass is 16.5. The fourth-order valence-corrected chi connectivity index (χ4v) is 8.85. The Morgan fingerprint density at radius 1 is 0.884 bits per heavy atom. The zero-order chi connectivity index (χ0) is 50.5. The third-order valence-electron chi connectivity index (χ3n) is 12.8. The Morgan fingerprint density at radius 3 is 2.30 bits per heavy atom. The molecule has 4 bridgehead atoms. The number of carbonyl (C=O) groups is 7. The number of primary amides is 1. The Kier molecular flexibility index (Phi) is 23.2. The first-order valence-corrected chi connectivity index (χ1v) is 24.9. The molecule has 0 aromatic heterocycles. The highest BCUT2D eigenvalue weighted by Crippen LogP contribution is 2.39. The molecule has 12 N–H and O–H groups in total. The van der Waals surface area contributed by atoms with E-state index in [2.05, 4.69) is 33.5 Å². The molecule has 1 fully saturated rings. The van der Waals surface area contributed by atoms with Crippen LogP contribution in [0.15, 0.2) is 36.4 Å². The van der Waals surface area contributed by atoms with Gasteiger partial charge in [0.25, 0.3) is 0 Å². The molecule has 4 rings (SSSR count). The van der Waals surface area contributed by atoms with Gasteiger partial charge in [-0.25, -0.2) is 0 Å². The largest absolute Gasteiger partial charge is 0.507 e. The van der Waals surface area contributed by atoms with Gasteiger partial charge in [0, 0.05) is 50.7 Å². The van der Waals surface area contributed by atoms with Crippen molar-refractivity contribution in [2.45, 2.75) is 153 Å². The van der Waals surface area contributed by atoms with Gasteiger partial charge < -0.3 is 63.4 Å². The molecule has 0 saturated carbocycles. The zero-order valence-corrected chi connectivity index (χ0v) is 41.1. The highest BCUT2D eigenvalue weighted by molar-refractivity contribution is 5.97. The number of phenols is 1. The van der Waals surface area contributed by atoms with Crippen molar-refractivity contribution in [3.05, 3.63) is 47.5 Å². The van der Waals surface area contributed by atoms with Gasteiger partial charge in [-0.2, -0.15) is 0 Å². The number of benzene rings is 2. The zero-order valence-electron chi connectivity index (χ0n) is 41.1. The van der Waals surface area contributed by atoms with Gasteiger partial charge in [-0.1, -0.05) is 64.0 Å². The van der Waals surface area contributed by atoms with Gasteiger partial charge in [0.2, 0.25) is 41.4 Å². The first-order chi connectivity index (χ1) is 33.1. The molecule has 6 atom stereocenters. The quantitative estimate of drug-likeness (QED) is 0.0614. The third-order valence-corrected chi connectivity index (χ3v) is 12.8. The molecule has 382 valence electrons. The predicted molar refractivity (Wildman–Crippen MR) is 263 cm³/mol. The minimum Gasteiger partial charge on any atom is -0.507 e. The normalized spacial score (nSPS) is 19.1. The van der Waals surface area contributed by atoms with Gasteiger partial charge in [0.05, 0.1) is 0 Å². The molecule has 19 heteroatoms. The van der Waals surface area contributed by atoms with Crippen molar-refractivity contribution >= 4 is 41.4 Å². The van der Waals surface area contributed by atoms with E-state index in [1.54, 1.807) is 30.3 Å². The summed E-state index contributed by atoms with van der Waals surface area (Å²) in [6.45, 7) is 7.27. The van der Waals surface area contributed by atoms with Crippen LogP contribution in [0.5, 0.6) is 11.5 Å². The molecule has 2 aromatic rings. The number of nitrogens with zero attached hydrogens (tertiary/aromatic N) is 2. The summed E-state index contributed by atoms with van der Waals surface area (Å²) < 4.78 is 6.03. The van der Waals surface area contributed by atoms with E-state index in [0.717, 1.165) is 19.4 Å². The van der Waals surface area contributed by atoms with Crippen molar-refractivity contribution in [1.29, 1.82) is 0 Å². The van der Waals surface area contributed by atoms with E-state index in [1.807, 2.05) is 0 Å². The number of hydrogen-bond donors (Lipinski definition) is 9. The lowest BCUT2D eigenvalue weighted by Crippen LogP contribution is -2.58. The second kappa shape index (κ2) is 28.6. The summed E-state index contributed by atoms with van der Waals surface area (Å²) in [6.07, 6.45) is 12.0. The van der Waals surface area contributed by atoms with Crippen LogP contribution >= 0.6 is 0 Å². The average molecular weight is 963 g/mol. The van der Waals surface area contributed by atoms with E-state index in [9.17, 15) is 38.7 Å². The number of amides is 7. The molecule has 2 aliphatic heterocycles. The van der Waals surface area contributed by atoms with Gasteiger partial charge in [0.1, 0.15) is 54.4 Å². The van der Waals surface area contributed by atoms with E-state index < -0.39 is 71.7 Å². The van der Waals surface area contributed by atoms with Crippen LogP contribution in [0.4, 0.5) is 0 Å². The maximum atomic E-state index is 14.6. The van der Waals surface area contributed by atoms with Crippen molar-refractivity contribution in [2.75, 3.05) is 46.4 Å². The fraction of sp³-hybridized carbons (Fsp3) is 0.620. The summed E-state index contributed by atoms with van der Waals surface area (Å²) in [7, 11) is 1.45. The lowest BCUT2D eigenvalue weighted by molar-refractivity contribution is -0.143. The topological polar surface area (TPSA) is 294 Å². The van der Waals surface area contributed by atoms with Crippen LogP contribution in [0.3, 0.4) is 0 Å². The van der Waals surface area contributed by atoms with Gasteiger partial charge >= 0.3 is 0 Å². The number of nitrogens with two attached hydrogens (primary N) is 3. The van der Waals surface area contributed by atoms with Crippen LogP contribution < -0.4 is 48.5 Å². The monoisotopic (exact) mass is 963 g/mol. The molecule has 19 nitrogen and oxygen atoms in total. The van der Waals surface area contributed by atoms with Crippen molar-refractivity contribution in [3.8, 4) is 22.6 Å². The van der Waals surface area contributed by atoms with Gasteiger partial charge in [-0.3, -0.25) is 33.6 Å². The molecular weight excluding hydrogens is 885 g/mol. The molecule has 0 radical (unpaired) electrons. The number of likely N-dealkylation sites (N-methyl/N-ethyl adjacent to an activating group) is 1. The van der Waals surface area contributed by atoms with Crippen LogP contribution in [0.25, 0.3) is 11.1 Å². The van der Waals surface area contributed by atoms with Crippen LogP contribution in [0.2, 0.25) is 0 Å². The molecular formula is C50H78N10O9. The maximum absolute atomic E-state index is 14.6. The lowest BCUT2D eigenvalue weighted by atomic mass is 9.93. The molecule has 2 aromatic carbocycles. The van der Waals surface area contributed by atoms with Crippen LogP contribution in [0, 0.1) is 0 Å². The van der Waals surface area contributed by atoms with Crippen molar-refractivity contribution in [3.63, 3.8) is 0 Å². The summed E-state index contributed by atoms with van der Waals surface area (Å²) in [5, 5.41) is 25.7. The number of fused-ring (bicyclic) bond motifs is 5. The molecule has 69 heavy (non-hydrogen) atoms. The van der Waals surface area contributed by atoms with E-state index in [4.69, 9.17) is 21.9 Å². The van der Waals surface area contributed by atoms with Gasteiger partial charge in [0.15, 0.2) is 0 Å². The third kappa shape index (κ3) is 16.7. The van der Waals surface area contributed by atoms with E-state index >= 15 is 0 Å². The minimum atomic E-state index is -1.38. The number of rotatable bonds is 26. The number of nitrogens with one attached hydrogen (secondary N) is 5. The van der Waals surface area contributed by atoms with Crippen molar-refractivity contribution < 1.29 is 43.4 Å². The summed E-state index contributed by atoms with van der Waals surface area (Å²) in [6, 6.07) is 2.62. The molecule has 0 aliphatic carbocycles. The molecule has 2 heterocycles. The van der Waals surface area contributed by atoms with E-state index in [1.165, 1.54) is 75.3 Å². The first kappa shape index (κ1) is 55.8. The summed E-state index contributed by atoms with van der Waals surface area (Å²) >= 11 is 0. The number of likely N-dealkylation sites (tertiary alicyclic amines) is 1. The number of unbranched alkanes of at least 4 members (excludes halogenated alkanes) is 8. The smallest absolute Gasteiger partial charge is 0.248 e. The van der Waals surface area contributed by atoms with E-state index in [-0.39, 0.29) is 49.6 Å². The van der Waals surface area contributed by atoms with Gasteiger partial charge in [-0.15, -0.1) is 0 Å². The Morgan fingerprint density at radius 2 is 1.61 bits per heavy atom. The summed E-state index contributed by atoms with van der Waals surface area (Å²) in [4.78, 5) is 98.7. The SMILES string of the molecule is CCCCCCCCCCNCCC(=O)NC(CCCCN)C(=O)N(C)C1C(=O)NC(C)C(=O)NC(C(=O)NC(C)C(=O)N2CCCC2C(N)=O)Cc2ccc(O)c(c2)-c2cc1ccc2OCCN. The van der Waals surface area contributed by atoms with Crippen LogP contribution in [-0.4, -0.2) is 133 Å². The minimum absolute atomic E-state index is 0.105. The number of hydrogen-bond acceptors (Lipinski definition) is 12. The average Bonchev–Trinajstić information content (AvgIpc) is 3.83. The number of ether oxygens (including phenoxy) is 1. The van der Waals surface area contributed by atoms with E-state index in [0.29, 0.717) is 67.8 Å². The number of phenolic OH excluding ortho intramolecular Hbond substituents is 1. The molecule has 0 spiro atoms. The molecule has 2 aliphatic rings. The second-order valence-corrected chi connectivity index (χ2v) is 18.3. The number of aromatic hydroxyl groups is 1. The second-order valence-electron chi connectivity index (χ2n) is 18.3. The summed E-state index contributed by atoms with van der Waals surface area (Å²) in [5.74, 6) is -4.13. The molecule has 1 saturated heterocycles. The van der Waals surface area contributed by atoms with Crippen LogP contribution in [0.1, 0.15) is 128 Å². The fourth-order valence-electron chi connectivity index (χ4n) is 8.85. The maximum Gasteiger partial charge on any atom is 0.248 e. The summed E-state index contributed by atoms with van der Waals surface area (Å²) in [5.41, 5.74) is 18.6. The van der Waals surface area contributed by atoms with Crippen LogP contribution in [-0.2, 0) is 40.0 Å². The standard InChI is InChI=1S/C50H78N10O9/c1-5-6-7-8-9-10-11-14-25-54-26-22-43(62)57-38(16-12-13-23-51)50(68)59(4)44-35-19-21-42(69-28-24-52)37(31-35)36-29-34(18-20-41(36)61)30-39(58-46(64)32(2)55-48(44)66)47(65)56-33(3)49(67)60-27-15-17-40(60)45(53)63/h18-21,29,31-33,38-40,44,54,61H,5-17,22-28,30,51-52H2,1-4H3,(H2,53,63)(H,55,66)(H,56,65)(H,57,62)(H,58,64). The number of carbonyl (C=O) groups excluding carboxylic acids is 7. The predicted octanol–water partition coefficient (Wildman–Crippen LogP) is 2.16. The first-order valence-electron chi connectivity index (χ1n) is 24.9. The Hall–Kier alpha value is -5.79. The lowest BCUT2D eigenvalue weighted by Gasteiger charge is -2.33. The van der Waals surface area contributed by atoms with Crippen molar-refractivity contribution in [2.24, 2.45) is 17.2 Å². The van der Waals surface area contributed by atoms with Gasteiger partial charge in [-0.05, 0) is 101 Å². The Labute approximate surface area is 407 Å². The Bertz CT molecular complexity index is 2050. The molecule has 6 unspecified atom stereocenters. The van der Waals surface area contributed by atoms with Crippen molar-refractivity contribution in [1.82, 2.24) is 36.4 Å². The Balaban J connectivity index is 1.63.